The first kappa shape index (κ1) is 12.6. The number of aliphatic carboxylic acids is 1. The van der Waals surface area contributed by atoms with Crippen molar-refractivity contribution in [3.63, 3.8) is 0 Å². The fourth-order valence-electron chi connectivity index (χ4n) is 2.43. The van der Waals surface area contributed by atoms with Crippen LogP contribution in [0.5, 0.6) is 0 Å². The average Bonchev–Trinajstić information content (AvgIpc) is 2.35. The molecule has 0 heterocycles. The number of carbonyl (C=O) groups is 1. The van der Waals surface area contributed by atoms with Crippen molar-refractivity contribution in [2.75, 3.05) is 0 Å². The van der Waals surface area contributed by atoms with Crippen molar-refractivity contribution in [3.8, 4) is 0 Å². The zero-order chi connectivity index (χ0) is 13.0. The Morgan fingerprint density at radius 3 is 1.78 bits per heavy atom. The van der Waals surface area contributed by atoms with E-state index in [0.717, 1.165) is 6.92 Å². The number of fused-ring (bicyclic) bond motifs is 2. The highest BCUT2D eigenvalue weighted by atomic mass is 16.4. The summed E-state index contributed by atoms with van der Waals surface area (Å²) >= 11 is 0. The molecule has 2 nitrogen and oxygen atoms in total. The lowest BCUT2D eigenvalue weighted by Crippen LogP contribution is -2.01. The van der Waals surface area contributed by atoms with Crippen LogP contribution in [0, 0.1) is 0 Å². The van der Waals surface area contributed by atoms with Crippen LogP contribution in [-0.4, -0.2) is 11.1 Å². The zero-order valence-corrected chi connectivity index (χ0v) is 10.6. The van der Waals surface area contributed by atoms with Gasteiger partial charge in [-0.25, -0.2) is 0 Å². The quantitative estimate of drug-likeness (QED) is 0.762. The highest BCUT2D eigenvalue weighted by molar-refractivity contribution is 5.84. The third-order valence-corrected chi connectivity index (χ3v) is 3.21. The maximum absolute atomic E-state index is 9.00. The van der Waals surface area contributed by atoms with E-state index in [2.05, 4.69) is 36.4 Å². The second-order valence-corrected chi connectivity index (χ2v) is 4.69. The second-order valence-electron chi connectivity index (χ2n) is 4.69. The van der Waals surface area contributed by atoms with E-state index in [1.54, 1.807) is 11.1 Å². The van der Waals surface area contributed by atoms with Gasteiger partial charge in [0, 0.05) is 6.92 Å². The maximum atomic E-state index is 9.00. The van der Waals surface area contributed by atoms with Gasteiger partial charge >= 0.3 is 0 Å². The van der Waals surface area contributed by atoms with E-state index in [4.69, 9.17) is 9.90 Å². The molecule has 0 atom stereocenters. The molecule has 1 aliphatic rings. The lowest BCUT2D eigenvalue weighted by atomic mass is 9.89. The molecule has 18 heavy (non-hydrogen) atoms. The molecule has 0 unspecified atom stereocenters. The Morgan fingerprint density at radius 2 is 1.39 bits per heavy atom. The van der Waals surface area contributed by atoms with Gasteiger partial charge in [-0.1, -0.05) is 36.4 Å². The first-order chi connectivity index (χ1) is 8.66. The van der Waals surface area contributed by atoms with Gasteiger partial charge in [0.2, 0.25) is 0 Å². The van der Waals surface area contributed by atoms with Gasteiger partial charge in [0.05, 0.1) is 0 Å². The molecule has 1 aliphatic carbocycles. The predicted molar refractivity (Wildman–Crippen MR) is 73.9 cm³/mol. The molecule has 0 spiro atoms. The van der Waals surface area contributed by atoms with Crippen LogP contribution in [0.4, 0.5) is 0 Å². The predicted octanol–water partition coefficient (Wildman–Crippen LogP) is 3.81. The maximum Gasteiger partial charge on any atom is 0.300 e. The molecule has 2 aromatic carbocycles. The van der Waals surface area contributed by atoms with Crippen LogP contribution in [0.25, 0.3) is 10.8 Å². The summed E-state index contributed by atoms with van der Waals surface area (Å²) < 4.78 is 0. The highest BCUT2D eigenvalue weighted by Crippen LogP contribution is 2.26. The lowest BCUT2D eigenvalue weighted by molar-refractivity contribution is -0.134. The minimum absolute atomic E-state index is 0.833. The van der Waals surface area contributed by atoms with Crippen molar-refractivity contribution in [3.05, 3.63) is 47.5 Å². The number of carboxylic acid groups (broad SMARTS) is 1. The van der Waals surface area contributed by atoms with Crippen LogP contribution in [0.1, 0.15) is 30.9 Å². The van der Waals surface area contributed by atoms with Gasteiger partial charge in [-0.2, -0.15) is 0 Å². The van der Waals surface area contributed by atoms with Crippen LogP contribution in [0.15, 0.2) is 36.4 Å². The van der Waals surface area contributed by atoms with Gasteiger partial charge in [-0.3, -0.25) is 4.79 Å². The largest absolute Gasteiger partial charge is 0.481 e. The highest BCUT2D eigenvalue weighted by Gasteiger charge is 2.09. The molecule has 2 heteroatoms. The monoisotopic (exact) mass is 242 g/mol. The third-order valence-electron chi connectivity index (χ3n) is 3.21. The van der Waals surface area contributed by atoms with E-state index in [1.165, 1.54) is 36.5 Å². The Kier molecular flexibility index (Phi) is 3.98. The number of hydrogen-bond donors (Lipinski definition) is 1. The Balaban J connectivity index is 0.000000267. The van der Waals surface area contributed by atoms with Gasteiger partial charge in [0.15, 0.2) is 0 Å². The van der Waals surface area contributed by atoms with Crippen LogP contribution in [0.2, 0.25) is 0 Å². The summed E-state index contributed by atoms with van der Waals surface area (Å²) in [4.78, 5) is 9.00. The molecule has 2 aromatic rings. The Labute approximate surface area is 107 Å². The molecule has 0 fully saturated rings. The molecule has 0 saturated carbocycles. The smallest absolute Gasteiger partial charge is 0.300 e. The van der Waals surface area contributed by atoms with E-state index >= 15 is 0 Å². The SMILES string of the molecule is CC(=O)O.c1ccc2cc3c(cc2c1)CCCC3. The van der Waals surface area contributed by atoms with Gasteiger partial charge in [-0.15, -0.1) is 0 Å². The standard InChI is InChI=1S/C14H14.C2H4O2/c1-2-6-12-10-14-8-4-3-7-13(14)9-11(12)5-1;1-2(3)4/h1-2,5-6,9-10H,3-4,7-8H2;1H3,(H,3,4). The van der Waals surface area contributed by atoms with Crippen molar-refractivity contribution in [1.29, 1.82) is 0 Å². The Morgan fingerprint density at radius 1 is 1.00 bits per heavy atom. The number of aryl methyl sites for hydroxylation is 2. The summed E-state index contributed by atoms with van der Waals surface area (Å²) in [5, 5.41) is 10.2. The molecule has 0 aliphatic heterocycles. The van der Waals surface area contributed by atoms with Gasteiger partial charge in [-0.05, 0) is 47.6 Å². The number of benzene rings is 2. The lowest BCUT2D eigenvalue weighted by Gasteiger charge is -2.16. The minimum Gasteiger partial charge on any atom is -0.481 e. The minimum atomic E-state index is -0.833. The second kappa shape index (κ2) is 5.67. The molecule has 94 valence electrons. The third kappa shape index (κ3) is 3.10. The van der Waals surface area contributed by atoms with Gasteiger partial charge < -0.3 is 5.11 Å². The molecule has 0 saturated heterocycles. The molecule has 0 aromatic heterocycles. The van der Waals surface area contributed by atoms with E-state index < -0.39 is 5.97 Å². The number of rotatable bonds is 0. The summed E-state index contributed by atoms with van der Waals surface area (Å²) in [7, 11) is 0. The van der Waals surface area contributed by atoms with Crippen molar-refractivity contribution < 1.29 is 9.90 Å². The van der Waals surface area contributed by atoms with Crippen molar-refractivity contribution in [2.45, 2.75) is 32.6 Å². The Hall–Kier alpha value is -1.83. The first-order valence-corrected chi connectivity index (χ1v) is 6.37. The summed E-state index contributed by atoms with van der Waals surface area (Å²) in [6.07, 6.45) is 5.29. The van der Waals surface area contributed by atoms with E-state index in [1.807, 2.05) is 0 Å². The Bertz CT molecular complexity index is 510. The summed E-state index contributed by atoms with van der Waals surface area (Å²) in [6, 6.07) is 13.4. The summed E-state index contributed by atoms with van der Waals surface area (Å²) in [6.45, 7) is 1.08. The summed E-state index contributed by atoms with van der Waals surface area (Å²) in [5.74, 6) is -0.833. The molecular formula is C16H18O2. The fourth-order valence-corrected chi connectivity index (χ4v) is 2.43. The number of carboxylic acids is 1. The van der Waals surface area contributed by atoms with Crippen LogP contribution in [0.3, 0.4) is 0 Å². The molecular weight excluding hydrogens is 224 g/mol. The first-order valence-electron chi connectivity index (χ1n) is 6.37. The van der Waals surface area contributed by atoms with Gasteiger partial charge in [0.1, 0.15) is 0 Å². The van der Waals surface area contributed by atoms with Crippen LogP contribution < -0.4 is 0 Å². The van der Waals surface area contributed by atoms with E-state index in [-0.39, 0.29) is 0 Å². The summed E-state index contributed by atoms with van der Waals surface area (Å²) in [5.41, 5.74) is 3.16. The molecule has 3 rings (SSSR count). The van der Waals surface area contributed by atoms with Crippen molar-refractivity contribution in [2.24, 2.45) is 0 Å². The van der Waals surface area contributed by atoms with Crippen LogP contribution in [-0.2, 0) is 17.6 Å². The van der Waals surface area contributed by atoms with Gasteiger partial charge in [0.25, 0.3) is 5.97 Å². The molecule has 0 bridgehead atoms. The van der Waals surface area contributed by atoms with Crippen LogP contribution >= 0.6 is 0 Å². The average molecular weight is 242 g/mol. The molecule has 1 N–H and O–H groups in total. The number of hydrogen-bond acceptors (Lipinski definition) is 1. The molecule has 0 amide bonds. The van der Waals surface area contributed by atoms with E-state index in [9.17, 15) is 0 Å². The van der Waals surface area contributed by atoms with Crippen molar-refractivity contribution in [1.82, 2.24) is 0 Å². The molecule has 0 radical (unpaired) electrons. The topological polar surface area (TPSA) is 37.3 Å². The fraction of sp³-hybridized carbons (Fsp3) is 0.312. The van der Waals surface area contributed by atoms with Crippen molar-refractivity contribution >= 4 is 16.7 Å². The normalized spacial score (nSPS) is 13.4. The van der Waals surface area contributed by atoms with E-state index in [0.29, 0.717) is 0 Å². The zero-order valence-electron chi connectivity index (χ0n) is 10.6.